The number of amides is 2. The Morgan fingerprint density at radius 3 is 2.10 bits per heavy atom. The third-order valence-electron chi connectivity index (χ3n) is 4.93. The monoisotopic (exact) mass is 401 g/mol. The first kappa shape index (κ1) is 21.1. The second-order valence-electron chi connectivity index (χ2n) is 7.27. The molecule has 2 N–H and O–H groups in total. The van der Waals surface area contributed by atoms with Gasteiger partial charge in [-0.05, 0) is 42.3 Å². The summed E-state index contributed by atoms with van der Waals surface area (Å²) in [4.78, 5) is 26.5. The van der Waals surface area contributed by atoms with Gasteiger partial charge in [0, 0.05) is 24.8 Å². The molecule has 0 bridgehead atoms. The van der Waals surface area contributed by atoms with E-state index in [1.165, 1.54) is 0 Å². The van der Waals surface area contributed by atoms with E-state index in [9.17, 15) is 9.59 Å². The van der Waals surface area contributed by atoms with Crippen molar-refractivity contribution in [1.29, 1.82) is 0 Å². The van der Waals surface area contributed by atoms with Gasteiger partial charge in [0.15, 0.2) is 0 Å². The van der Waals surface area contributed by atoms with Crippen molar-refractivity contribution in [2.24, 2.45) is 0 Å². The molecule has 0 aliphatic carbocycles. The number of hydrogen-bond acceptors (Lipinski definition) is 3. The fourth-order valence-corrected chi connectivity index (χ4v) is 3.10. The summed E-state index contributed by atoms with van der Waals surface area (Å²) < 4.78 is 0. The minimum absolute atomic E-state index is 0.00245. The van der Waals surface area contributed by atoms with Gasteiger partial charge in [-0.15, -0.1) is 0 Å². The second-order valence-corrected chi connectivity index (χ2v) is 7.27. The van der Waals surface area contributed by atoms with Gasteiger partial charge in [0.25, 0.3) is 5.91 Å². The number of anilines is 1. The zero-order valence-corrected chi connectivity index (χ0v) is 17.3. The number of carbonyl (C=O) groups excluding carboxylic acids is 2. The molecular weight excluding hydrogens is 374 g/mol. The first-order chi connectivity index (χ1) is 14.5. The summed E-state index contributed by atoms with van der Waals surface area (Å²) in [6, 6.07) is 26.8. The highest BCUT2D eigenvalue weighted by Crippen LogP contribution is 2.14. The van der Waals surface area contributed by atoms with Crippen LogP contribution in [0.2, 0.25) is 0 Å². The van der Waals surface area contributed by atoms with Gasteiger partial charge in [0.1, 0.15) is 0 Å². The third-order valence-corrected chi connectivity index (χ3v) is 4.93. The molecular formula is C25H27N3O2. The van der Waals surface area contributed by atoms with Crippen LogP contribution in [0, 0.1) is 0 Å². The Hall–Kier alpha value is -3.60. The predicted molar refractivity (Wildman–Crippen MR) is 120 cm³/mol. The Kier molecular flexibility index (Phi) is 7.22. The number of nitrogens with zero attached hydrogens (tertiary/aromatic N) is 1. The van der Waals surface area contributed by atoms with Crippen LogP contribution in [0.25, 0.3) is 0 Å². The van der Waals surface area contributed by atoms with Gasteiger partial charge in [-0.25, -0.2) is 0 Å². The summed E-state index contributed by atoms with van der Waals surface area (Å²) in [5, 5.41) is 6.12. The molecule has 5 heteroatoms. The number of likely N-dealkylation sites (N-methyl/N-ethyl adjacent to an activating group) is 1. The first-order valence-electron chi connectivity index (χ1n) is 10.0. The molecule has 1 unspecified atom stereocenters. The number of rotatable bonds is 8. The lowest BCUT2D eigenvalue weighted by atomic mass is 10.1. The first-order valence-corrected chi connectivity index (χ1v) is 10.0. The van der Waals surface area contributed by atoms with Crippen LogP contribution >= 0.6 is 0 Å². The summed E-state index contributed by atoms with van der Waals surface area (Å²) in [5.41, 5.74) is 3.52. The van der Waals surface area contributed by atoms with E-state index in [4.69, 9.17) is 0 Å². The molecule has 30 heavy (non-hydrogen) atoms. The van der Waals surface area contributed by atoms with Crippen LogP contribution in [0.1, 0.15) is 34.5 Å². The number of benzene rings is 3. The molecule has 0 radical (unpaired) electrons. The van der Waals surface area contributed by atoms with Crippen molar-refractivity contribution in [3.63, 3.8) is 0 Å². The summed E-state index contributed by atoms with van der Waals surface area (Å²) in [6.45, 7) is 2.72. The highest BCUT2D eigenvalue weighted by Gasteiger charge is 2.12. The van der Waals surface area contributed by atoms with E-state index in [1.54, 1.807) is 24.1 Å². The van der Waals surface area contributed by atoms with E-state index >= 15 is 0 Å². The minimum atomic E-state index is -0.128. The van der Waals surface area contributed by atoms with E-state index in [0.717, 1.165) is 16.8 Å². The lowest BCUT2D eigenvalue weighted by Gasteiger charge is -2.18. The minimum Gasteiger partial charge on any atom is -0.376 e. The van der Waals surface area contributed by atoms with Crippen molar-refractivity contribution < 1.29 is 9.59 Å². The van der Waals surface area contributed by atoms with Gasteiger partial charge in [-0.3, -0.25) is 9.59 Å². The fourth-order valence-electron chi connectivity index (χ4n) is 3.10. The van der Waals surface area contributed by atoms with E-state index in [0.29, 0.717) is 12.1 Å². The molecule has 3 rings (SSSR count). The molecule has 3 aromatic carbocycles. The molecule has 0 aromatic heterocycles. The Labute approximate surface area is 177 Å². The zero-order chi connectivity index (χ0) is 21.3. The Morgan fingerprint density at radius 1 is 0.867 bits per heavy atom. The van der Waals surface area contributed by atoms with Gasteiger partial charge >= 0.3 is 0 Å². The summed E-state index contributed by atoms with van der Waals surface area (Å²) in [6.07, 6.45) is 0. The van der Waals surface area contributed by atoms with Crippen LogP contribution in [-0.4, -0.2) is 30.3 Å². The molecule has 1 atom stereocenters. The molecule has 0 saturated carbocycles. The molecule has 0 spiro atoms. The number of hydrogen-bond donors (Lipinski definition) is 2. The third kappa shape index (κ3) is 5.95. The predicted octanol–water partition coefficient (Wildman–Crippen LogP) is 4.25. The normalized spacial score (nSPS) is 11.4. The second kappa shape index (κ2) is 10.3. The quantitative estimate of drug-likeness (QED) is 0.593. The average molecular weight is 402 g/mol. The summed E-state index contributed by atoms with van der Waals surface area (Å²) >= 11 is 0. The van der Waals surface area contributed by atoms with Gasteiger partial charge in [-0.2, -0.15) is 0 Å². The van der Waals surface area contributed by atoms with Crippen LogP contribution in [0.5, 0.6) is 0 Å². The molecule has 0 heterocycles. The molecule has 0 fully saturated rings. The lowest BCUT2D eigenvalue weighted by molar-refractivity contribution is -0.128. The summed E-state index contributed by atoms with van der Waals surface area (Å²) in [5.74, 6) is -0.131. The maximum Gasteiger partial charge on any atom is 0.251 e. The highest BCUT2D eigenvalue weighted by atomic mass is 16.2. The smallest absolute Gasteiger partial charge is 0.251 e. The van der Waals surface area contributed by atoms with Crippen LogP contribution in [0.3, 0.4) is 0 Å². The molecule has 154 valence electrons. The SMILES string of the molecule is CC(NC(=O)c1ccc(NCC(=O)N(C)Cc2ccccc2)cc1)c1ccccc1. The van der Waals surface area contributed by atoms with E-state index in [2.05, 4.69) is 10.6 Å². The van der Waals surface area contributed by atoms with E-state index in [1.807, 2.05) is 79.7 Å². The zero-order valence-electron chi connectivity index (χ0n) is 17.3. The van der Waals surface area contributed by atoms with Crippen molar-refractivity contribution in [2.75, 3.05) is 18.9 Å². The summed E-state index contributed by atoms with van der Waals surface area (Å²) in [7, 11) is 1.79. The number of nitrogens with one attached hydrogen (secondary N) is 2. The molecule has 5 nitrogen and oxygen atoms in total. The molecule has 0 aliphatic rings. The van der Waals surface area contributed by atoms with Crippen molar-refractivity contribution in [1.82, 2.24) is 10.2 Å². The maximum atomic E-state index is 12.5. The Morgan fingerprint density at radius 2 is 1.47 bits per heavy atom. The van der Waals surface area contributed by atoms with Gasteiger partial charge in [-0.1, -0.05) is 60.7 Å². The highest BCUT2D eigenvalue weighted by molar-refractivity contribution is 5.94. The van der Waals surface area contributed by atoms with Crippen molar-refractivity contribution in [2.45, 2.75) is 19.5 Å². The topological polar surface area (TPSA) is 61.4 Å². The standard InChI is InChI=1S/C25H27N3O2/c1-19(21-11-7-4-8-12-21)27-25(30)22-13-15-23(16-14-22)26-17-24(29)28(2)18-20-9-5-3-6-10-20/h3-16,19,26H,17-18H2,1-2H3,(H,27,30). The lowest BCUT2D eigenvalue weighted by Crippen LogP contribution is -2.31. The van der Waals surface area contributed by atoms with Crippen molar-refractivity contribution in [3.8, 4) is 0 Å². The molecule has 0 aliphatic heterocycles. The van der Waals surface area contributed by atoms with Gasteiger partial charge < -0.3 is 15.5 Å². The molecule has 2 amide bonds. The van der Waals surface area contributed by atoms with Crippen LogP contribution in [0.4, 0.5) is 5.69 Å². The van der Waals surface area contributed by atoms with E-state index in [-0.39, 0.29) is 24.4 Å². The Balaban J connectivity index is 1.49. The van der Waals surface area contributed by atoms with Crippen LogP contribution < -0.4 is 10.6 Å². The van der Waals surface area contributed by atoms with E-state index < -0.39 is 0 Å². The van der Waals surface area contributed by atoms with Crippen LogP contribution in [-0.2, 0) is 11.3 Å². The maximum absolute atomic E-state index is 12.5. The fraction of sp³-hybridized carbons (Fsp3) is 0.200. The largest absolute Gasteiger partial charge is 0.376 e. The molecule has 3 aromatic rings. The van der Waals surface area contributed by atoms with Gasteiger partial charge in [0.2, 0.25) is 5.91 Å². The Bertz CT molecular complexity index is 957. The van der Waals surface area contributed by atoms with Crippen molar-refractivity contribution in [3.05, 3.63) is 102 Å². The van der Waals surface area contributed by atoms with Crippen molar-refractivity contribution >= 4 is 17.5 Å². The average Bonchev–Trinajstić information content (AvgIpc) is 2.79. The van der Waals surface area contributed by atoms with Crippen LogP contribution in [0.15, 0.2) is 84.9 Å². The molecule has 0 saturated heterocycles. The number of carbonyl (C=O) groups is 2. The van der Waals surface area contributed by atoms with Gasteiger partial charge in [0.05, 0.1) is 12.6 Å².